The zero-order chi connectivity index (χ0) is 19.4. The van der Waals surface area contributed by atoms with E-state index in [1.54, 1.807) is 55.1 Å². The highest BCUT2D eigenvalue weighted by atomic mass is 32.2. The number of benzene rings is 1. The molecule has 0 aliphatic rings. The second-order valence-corrected chi connectivity index (χ2v) is 7.92. The molecule has 0 fully saturated rings. The largest absolute Gasteiger partial charge is 0.466 e. The molecule has 1 aromatic carbocycles. The molecule has 27 heavy (non-hydrogen) atoms. The van der Waals surface area contributed by atoms with Crippen molar-refractivity contribution in [2.24, 2.45) is 0 Å². The molecule has 3 aromatic rings. The monoisotopic (exact) mass is 402 g/mol. The zero-order valence-electron chi connectivity index (χ0n) is 15.0. The Morgan fingerprint density at radius 1 is 1.11 bits per heavy atom. The van der Waals surface area contributed by atoms with Crippen LogP contribution in [0.2, 0.25) is 0 Å². The molecular weight excluding hydrogens is 384 g/mol. The third kappa shape index (κ3) is 5.11. The van der Waals surface area contributed by atoms with Crippen LogP contribution in [0.4, 0.5) is 10.5 Å². The van der Waals surface area contributed by atoms with Crippen molar-refractivity contribution in [2.75, 3.05) is 5.32 Å². The lowest BCUT2D eigenvalue weighted by Gasteiger charge is -2.09. The van der Waals surface area contributed by atoms with Gasteiger partial charge in [0.15, 0.2) is 4.34 Å². The van der Waals surface area contributed by atoms with Crippen LogP contribution in [0.25, 0.3) is 0 Å². The second kappa shape index (κ2) is 8.28. The number of carbonyl (C=O) groups excluding carboxylic acids is 2. The van der Waals surface area contributed by atoms with E-state index in [2.05, 4.69) is 21.2 Å². The number of rotatable bonds is 4. The number of amides is 3. The van der Waals surface area contributed by atoms with Crippen LogP contribution >= 0.6 is 23.1 Å². The summed E-state index contributed by atoms with van der Waals surface area (Å²) in [4.78, 5) is 29.4. The van der Waals surface area contributed by atoms with Crippen LogP contribution in [-0.2, 0) is 0 Å². The van der Waals surface area contributed by atoms with E-state index >= 15 is 0 Å². The standard InChI is InChI=1S/C18H18N4O3S2/c1-10-9-26-18(19-10)27-14-6-4-13(5-7-14)20-17(24)22-21-16(23)15-8-11(2)25-12(15)3/h4-9H,1-3H3,(H,21,23)(H2,20,22,24). The minimum Gasteiger partial charge on any atom is -0.466 e. The van der Waals surface area contributed by atoms with Crippen LogP contribution in [0.1, 0.15) is 27.6 Å². The predicted molar refractivity (Wildman–Crippen MR) is 105 cm³/mol. The molecule has 3 rings (SSSR count). The summed E-state index contributed by atoms with van der Waals surface area (Å²) in [7, 11) is 0. The van der Waals surface area contributed by atoms with Gasteiger partial charge in [0.05, 0.1) is 5.56 Å². The molecule has 0 saturated carbocycles. The van der Waals surface area contributed by atoms with Crippen molar-refractivity contribution >= 4 is 40.7 Å². The van der Waals surface area contributed by atoms with Gasteiger partial charge >= 0.3 is 6.03 Å². The Kier molecular flexibility index (Phi) is 5.82. The number of hydrazine groups is 1. The molecule has 0 saturated heterocycles. The van der Waals surface area contributed by atoms with Crippen molar-refractivity contribution in [1.82, 2.24) is 15.8 Å². The van der Waals surface area contributed by atoms with Crippen molar-refractivity contribution in [3.05, 3.63) is 58.5 Å². The smallest absolute Gasteiger partial charge is 0.337 e. The molecule has 0 bridgehead atoms. The minimum atomic E-state index is -0.544. The van der Waals surface area contributed by atoms with Crippen LogP contribution in [0.15, 0.2) is 49.4 Å². The van der Waals surface area contributed by atoms with Gasteiger partial charge in [0.1, 0.15) is 11.5 Å². The Hall–Kier alpha value is -2.78. The van der Waals surface area contributed by atoms with E-state index in [-0.39, 0.29) is 0 Å². The van der Waals surface area contributed by atoms with E-state index in [0.29, 0.717) is 22.8 Å². The molecule has 2 aromatic heterocycles. The summed E-state index contributed by atoms with van der Waals surface area (Å²) in [6.07, 6.45) is 0. The van der Waals surface area contributed by atoms with Gasteiger partial charge in [0.25, 0.3) is 5.91 Å². The summed E-state index contributed by atoms with van der Waals surface area (Å²) in [6.45, 7) is 5.40. The Morgan fingerprint density at radius 3 is 2.44 bits per heavy atom. The molecule has 0 atom stereocenters. The van der Waals surface area contributed by atoms with E-state index in [4.69, 9.17) is 4.42 Å². The van der Waals surface area contributed by atoms with Gasteiger partial charge in [0, 0.05) is 21.7 Å². The van der Waals surface area contributed by atoms with E-state index in [9.17, 15) is 9.59 Å². The highest BCUT2D eigenvalue weighted by Gasteiger charge is 2.14. The van der Waals surface area contributed by atoms with Crippen molar-refractivity contribution < 1.29 is 14.0 Å². The van der Waals surface area contributed by atoms with Gasteiger partial charge in [-0.2, -0.15) is 0 Å². The molecule has 140 valence electrons. The average molecular weight is 403 g/mol. The van der Waals surface area contributed by atoms with Gasteiger partial charge in [-0.3, -0.25) is 10.2 Å². The number of nitrogens with zero attached hydrogens (tertiary/aromatic N) is 1. The highest BCUT2D eigenvalue weighted by Crippen LogP contribution is 2.30. The number of hydrogen-bond donors (Lipinski definition) is 3. The van der Waals surface area contributed by atoms with Gasteiger partial charge < -0.3 is 9.73 Å². The third-order valence-corrected chi connectivity index (χ3v) is 5.55. The number of furan rings is 1. The molecule has 2 heterocycles. The summed E-state index contributed by atoms with van der Waals surface area (Å²) in [6, 6.07) is 8.43. The fourth-order valence-corrected chi connectivity index (χ4v) is 4.10. The van der Waals surface area contributed by atoms with E-state index in [1.165, 1.54) is 0 Å². The van der Waals surface area contributed by atoms with Crippen LogP contribution in [0.5, 0.6) is 0 Å². The van der Waals surface area contributed by atoms with Gasteiger partial charge in [-0.05, 0) is 51.1 Å². The normalized spacial score (nSPS) is 10.5. The van der Waals surface area contributed by atoms with Crippen molar-refractivity contribution in [3.8, 4) is 0 Å². The number of aryl methyl sites for hydroxylation is 3. The van der Waals surface area contributed by atoms with Gasteiger partial charge in [-0.15, -0.1) is 11.3 Å². The second-order valence-electron chi connectivity index (χ2n) is 5.74. The quantitative estimate of drug-likeness (QED) is 0.566. The first-order valence-electron chi connectivity index (χ1n) is 8.05. The molecular formula is C18H18N4O3S2. The number of aromatic nitrogens is 1. The minimum absolute atomic E-state index is 0.381. The Morgan fingerprint density at radius 2 is 1.85 bits per heavy atom. The molecule has 0 spiro atoms. The van der Waals surface area contributed by atoms with Crippen LogP contribution in [0, 0.1) is 20.8 Å². The molecule has 3 N–H and O–H groups in total. The lowest BCUT2D eigenvalue weighted by molar-refractivity contribution is 0.0936. The van der Waals surface area contributed by atoms with Gasteiger partial charge in [-0.1, -0.05) is 11.8 Å². The number of nitrogens with one attached hydrogen (secondary N) is 3. The summed E-state index contributed by atoms with van der Waals surface area (Å²) < 4.78 is 6.27. The Balaban J connectivity index is 1.50. The lowest BCUT2D eigenvalue weighted by Crippen LogP contribution is -2.44. The van der Waals surface area contributed by atoms with Crippen LogP contribution in [0.3, 0.4) is 0 Å². The summed E-state index contributed by atoms with van der Waals surface area (Å²) in [5.41, 5.74) is 6.66. The molecule has 0 aliphatic carbocycles. The van der Waals surface area contributed by atoms with E-state index < -0.39 is 11.9 Å². The lowest BCUT2D eigenvalue weighted by atomic mass is 10.2. The Bertz CT molecular complexity index is 963. The molecule has 9 heteroatoms. The zero-order valence-corrected chi connectivity index (χ0v) is 16.6. The fraction of sp³-hybridized carbons (Fsp3) is 0.167. The first-order chi connectivity index (χ1) is 12.9. The maximum atomic E-state index is 12.0. The Labute approximate surface area is 164 Å². The molecule has 7 nitrogen and oxygen atoms in total. The van der Waals surface area contributed by atoms with Crippen molar-refractivity contribution in [3.63, 3.8) is 0 Å². The summed E-state index contributed by atoms with van der Waals surface area (Å²) in [5, 5.41) is 4.66. The fourth-order valence-electron chi connectivity index (χ4n) is 2.29. The van der Waals surface area contributed by atoms with Crippen molar-refractivity contribution in [1.29, 1.82) is 0 Å². The van der Waals surface area contributed by atoms with E-state index in [1.807, 2.05) is 24.4 Å². The van der Waals surface area contributed by atoms with Crippen LogP contribution in [-0.4, -0.2) is 16.9 Å². The van der Waals surface area contributed by atoms with Crippen molar-refractivity contribution in [2.45, 2.75) is 30.0 Å². The SMILES string of the molecule is Cc1csc(Sc2ccc(NC(=O)NNC(=O)c3cc(C)oc3C)cc2)n1. The van der Waals surface area contributed by atoms with Gasteiger partial charge in [-0.25, -0.2) is 15.2 Å². The topological polar surface area (TPSA) is 96.3 Å². The number of carbonyl (C=O) groups is 2. The number of urea groups is 1. The first kappa shape index (κ1) is 19.0. The maximum absolute atomic E-state index is 12.0. The predicted octanol–water partition coefficient (Wildman–Crippen LogP) is 4.28. The molecule has 0 aliphatic heterocycles. The number of thiazole rings is 1. The maximum Gasteiger partial charge on any atom is 0.337 e. The first-order valence-corrected chi connectivity index (χ1v) is 9.75. The van der Waals surface area contributed by atoms with Gasteiger partial charge in [0.2, 0.25) is 0 Å². The number of hydrogen-bond acceptors (Lipinski definition) is 6. The average Bonchev–Trinajstić information content (AvgIpc) is 3.19. The summed E-state index contributed by atoms with van der Waals surface area (Å²) >= 11 is 3.16. The molecule has 0 unspecified atom stereocenters. The highest BCUT2D eigenvalue weighted by molar-refractivity contribution is 8.01. The van der Waals surface area contributed by atoms with E-state index in [0.717, 1.165) is 14.9 Å². The summed E-state index contributed by atoms with van der Waals surface area (Å²) in [5.74, 6) is 0.689. The number of anilines is 1. The molecule has 3 amide bonds. The third-order valence-electron chi connectivity index (χ3n) is 3.49. The van der Waals surface area contributed by atoms with Crippen LogP contribution < -0.4 is 16.2 Å². The molecule has 0 radical (unpaired) electrons.